The number of hydrogen-bond acceptors (Lipinski definition) is 3. The Morgan fingerprint density at radius 2 is 0.549 bits per heavy atom. The molecule has 0 aliphatic rings. The minimum atomic E-state index is -0.882. The van der Waals surface area contributed by atoms with Gasteiger partial charge < -0.3 is 15.5 Å². The van der Waals surface area contributed by atoms with Crippen LogP contribution in [0.25, 0.3) is 0 Å². The molecule has 0 aromatic heterocycles. The van der Waals surface area contributed by atoms with E-state index in [2.05, 4.69) is 153 Å². The predicted molar refractivity (Wildman–Crippen MR) is 368 cm³/mol. The lowest BCUT2D eigenvalue weighted by molar-refractivity contribution is -0.123. The summed E-state index contributed by atoms with van der Waals surface area (Å²) in [6.45, 7) is 4.20. The van der Waals surface area contributed by atoms with Gasteiger partial charge in [-0.1, -0.05) is 352 Å². The molecule has 0 saturated carbocycles. The first-order valence-electron chi connectivity index (χ1n) is 35.0. The Morgan fingerprint density at radius 3 is 0.854 bits per heavy atom. The van der Waals surface area contributed by atoms with Crippen molar-refractivity contribution in [3.63, 3.8) is 0 Å². The molecule has 2 atom stereocenters. The monoisotopic (exact) mass is 1130 g/mol. The zero-order valence-corrected chi connectivity index (χ0v) is 54.0. The summed E-state index contributed by atoms with van der Waals surface area (Å²) in [7, 11) is 0. The van der Waals surface area contributed by atoms with Crippen LogP contribution >= 0.6 is 0 Å². The van der Waals surface area contributed by atoms with E-state index in [9.17, 15) is 15.0 Å². The zero-order chi connectivity index (χ0) is 59.1. The first-order valence-corrected chi connectivity index (χ1v) is 35.0. The Bertz CT molecular complexity index is 1670. The van der Waals surface area contributed by atoms with E-state index in [1.807, 2.05) is 6.08 Å². The van der Waals surface area contributed by atoms with Crippen LogP contribution in [-0.2, 0) is 4.79 Å². The number of rotatable bonds is 63. The van der Waals surface area contributed by atoms with E-state index in [-0.39, 0.29) is 12.5 Å². The normalized spacial score (nSPS) is 13.7. The third-order valence-electron chi connectivity index (χ3n) is 15.3. The van der Waals surface area contributed by atoms with Gasteiger partial charge in [0.2, 0.25) is 5.91 Å². The van der Waals surface area contributed by atoms with Gasteiger partial charge in [-0.15, -0.1) is 0 Å². The largest absolute Gasteiger partial charge is 0.394 e. The number of nitrogens with one attached hydrogen (secondary N) is 1. The molecule has 82 heavy (non-hydrogen) atoms. The molecule has 0 spiro atoms. The number of carbonyl (C=O) groups is 1. The summed E-state index contributed by atoms with van der Waals surface area (Å²) in [5.74, 6) is -0.0913. The molecule has 0 aromatic carbocycles. The molecule has 2 unspecified atom stereocenters. The van der Waals surface area contributed by atoms with Crippen molar-refractivity contribution in [1.82, 2.24) is 5.32 Å². The average Bonchev–Trinajstić information content (AvgIpc) is 3.50. The van der Waals surface area contributed by atoms with Gasteiger partial charge in [0.25, 0.3) is 0 Å². The molecule has 4 heteroatoms. The van der Waals surface area contributed by atoms with E-state index in [0.717, 1.165) is 109 Å². The highest BCUT2D eigenvalue weighted by Gasteiger charge is 2.18. The van der Waals surface area contributed by atoms with Crippen LogP contribution < -0.4 is 5.32 Å². The van der Waals surface area contributed by atoms with Crippen molar-refractivity contribution in [2.24, 2.45) is 0 Å². The Labute approximate surface area is 510 Å². The third-order valence-corrected chi connectivity index (χ3v) is 15.3. The summed E-state index contributed by atoms with van der Waals surface area (Å²) in [4.78, 5) is 12.5. The smallest absolute Gasteiger partial charge is 0.220 e. The van der Waals surface area contributed by atoms with Crippen LogP contribution in [0.4, 0.5) is 0 Å². The molecular weight excluding hydrogens is 999 g/mol. The molecule has 4 nitrogen and oxygen atoms in total. The fourth-order valence-corrected chi connectivity index (χ4v) is 10.0. The fraction of sp³-hybridized carbons (Fsp3) is 0.679. The molecule has 0 saturated heterocycles. The van der Waals surface area contributed by atoms with Crippen molar-refractivity contribution in [2.75, 3.05) is 6.61 Å². The first kappa shape index (κ1) is 78.3. The molecule has 0 bridgehead atoms. The number of carbonyl (C=O) groups excluding carboxylic acids is 1. The van der Waals surface area contributed by atoms with Gasteiger partial charge >= 0.3 is 0 Å². The number of amides is 1. The second-order valence-corrected chi connectivity index (χ2v) is 23.2. The molecule has 0 heterocycles. The van der Waals surface area contributed by atoms with Crippen molar-refractivity contribution < 1.29 is 15.0 Å². The van der Waals surface area contributed by atoms with Gasteiger partial charge in [0.15, 0.2) is 0 Å². The van der Waals surface area contributed by atoms with Crippen LogP contribution in [0.5, 0.6) is 0 Å². The minimum absolute atomic E-state index is 0.0913. The maximum atomic E-state index is 12.5. The fourth-order valence-electron chi connectivity index (χ4n) is 10.0. The van der Waals surface area contributed by atoms with Gasteiger partial charge in [-0.2, -0.15) is 0 Å². The van der Waals surface area contributed by atoms with Crippen molar-refractivity contribution in [3.05, 3.63) is 146 Å². The maximum Gasteiger partial charge on any atom is 0.220 e. The van der Waals surface area contributed by atoms with Gasteiger partial charge in [0, 0.05) is 6.42 Å². The van der Waals surface area contributed by atoms with E-state index < -0.39 is 12.1 Å². The van der Waals surface area contributed by atoms with Crippen LogP contribution in [0.15, 0.2) is 146 Å². The number of aliphatic hydroxyl groups is 2. The number of allylic oxidation sites excluding steroid dienone is 23. The summed E-state index contributed by atoms with van der Waals surface area (Å²) in [6.07, 6.45) is 112. The molecule has 0 radical (unpaired) electrons. The number of aliphatic hydroxyl groups excluding tert-OH is 2. The number of hydrogen-bond donors (Lipinski definition) is 3. The summed E-state index contributed by atoms with van der Waals surface area (Å²) in [6, 6.07) is -0.661. The standard InChI is InChI=1S/C78H133NO3/c1-3-5-7-9-11-13-15-17-19-21-23-25-27-29-31-33-35-37-38-39-40-42-44-46-48-50-52-54-56-58-60-62-64-66-68-70-72-74-78(82)79-76(75-80)77(81)73-71-69-67-65-63-61-59-57-55-53-51-49-47-45-43-41-36-34-32-30-28-26-24-22-20-18-16-14-12-10-8-6-4-2/h5,7,11,13,17,19,23,25,29,31,35,37,39-40,44,46,50,52,56,58,63,65,71,73,76-77,80-81H,3-4,6,8-10,12,14-16,18,20-22,24,26-28,30,32-34,36,38,41-43,45,47-49,51,53-55,57,59-62,64,66-70,72,74-75H2,1-2H3,(H,79,82)/b7-5-,13-11-,19-17-,25-23-,31-29-,37-35-,40-39-,46-44-,52-50-,58-56-,65-63+,73-71+. The Morgan fingerprint density at radius 1 is 0.305 bits per heavy atom. The van der Waals surface area contributed by atoms with Crippen LogP contribution in [-0.4, -0.2) is 34.9 Å². The van der Waals surface area contributed by atoms with Gasteiger partial charge in [0.1, 0.15) is 0 Å². The topological polar surface area (TPSA) is 69.6 Å². The van der Waals surface area contributed by atoms with Gasteiger partial charge in [-0.25, -0.2) is 0 Å². The van der Waals surface area contributed by atoms with Crippen molar-refractivity contribution in [3.8, 4) is 0 Å². The summed E-state index contributed by atoms with van der Waals surface area (Å²) < 4.78 is 0. The molecule has 0 fully saturated rings. The van der Waals surface area contributed by atoms with E-state index in [1.165, 1.54) is 193 Å². The average molecular weight is 1130 g/mol. The molecule has 1 amide bonds. The summed E-state index contributed by atoms with van der Waals surface area (Å²) in [5.41, 5.74) is 0. The van der Waals surface area contributed by atoms with Crippen molar-refractivity contribution in [1.29, 1.82) is 0 Å². The maximum absolute atomic E-state index is 12.5. The third kappa shape index (κ3) is 67.1. The molecule has 0 aliphatic carbocycles. The SMILES string of the molecule is CC/C=C\C/C=C\C/C=C\C/C=C\C/C=C\C/C=C\C/C=C\C/C=C\C/C=C\C/C=C\CCCCCCCCC(=O)NC(CO)C(O)/C=C/CC/C=C/CCCCCCCCCCCCCCCCCCCCCCCCCCCCC. The number of unbranched alkanes of at least 4 members (excludes halogenated alkanes) is 34. The highest BCUT2D eigenvalue weighted by atomic mass is 16.3. The van der Waals surface area contributed by atoms with E-state index in [0.29, 0.717) is 6.42 Å². The van der Waals surface area contributed by atoms with Gasteiger partial charge in [-0.3, -0.25) is 4.79 Å². The molecular formula is C78H133NO3. The highest BCUT2D eigenvalue weighted by Crippen LogP contribution is 2.17. The second kappa shape index (κ2) is 71.5. The Kier molecular flexibility index (Phi) is 68.3. The van der Waals surface area contributed by atoms with Gasteiger partial charge in [0.05, 0.1) is 18.8 Å². The van der Waals surface area contributed by atoms with Gasteiger partial charge in [-0.05, 0) is 109 Å². The van der Waals surface area contributed by atoms with Crippen LogP contribution in [0, 0.1) is 0 Å². The molecule has 0 aliphatic heterocycles. The summed E-state index contributed by atoms with van der Waals surface area (Å²) >= 11 is 0. The Hall–Kier alpha value is -3.73. The molecule has 3 N–H and O–H groups in total. The first-order chi connectivity index (χ1) is 40.7. The van der Waals surface area contributed by atoms with Crippen molar-refractivity contribution >= 4 is 5.91 Å². The van der Waals surface area contributed by atoms with Crippen LogP contribution in [0.3, 0.4) is 0 Å². The second-order valence-electron chi connectivity index (χ2n) is 23.2. The quantitative estimate of drug-likeness (QED) is 0.0420. The van der Waals surface area contributed by atoms with Crippen LogP contribution in [0.2, 0.25) is 0 Å². The zero-order valence-electron chi connectivity index (χ0n) is 54.0. The molecule has 468 valence electrons. The molecule has 0 rings (SSSR count). The van der Waals surface area contributed by atoms with Crippen molar-refractivity contribution in [2.45, 2.75) is 334 Å². The van der Waals surface area contributed by atoms with Crippen LogP contribution in [0.1, 0.15) is 322 Å². The lowest BCUT2D eigenvalue weighted by Crippen LogP contribution is -2.45. The molecule has 0 aromatic rings. The minimum Gasteiger partial charge on any atom is -0.394 e. The van der Waals surface area contributed by atoms with E-state index >= 15 is 0 Å². The predicted octanol–water partition coefficient (Wildman–Crippen LogP) is 24.3. The Balaban J connectivity index is 3.61. The highest BCUT2D eigenvalue weighted by molar-refractivity contribution is 5.76. The van der Waals surface area contributed by atoms with E-state index in [4.69, 9.17) is 0 Å². The summed E-state index contributed by atoms with van der Waals surface area (Å²) in [5, 5.41) is 23.3. The lowest BCUT2D eigenvalue weighted by atomic mass is 10.0. The van der Waals surface area contributed by atoms with E-state index in [1.54, 1.807) is 6.08 Å². The lowest BCUT2D eigenvalue weighted by Gasteiger charge is -2.19.